The fourth-order valence-corrected chi connectivity index (χ4v) is 2.03. The lowest BCUT2D eigenvalue weighted by Crippen LogP contribution is -2.44. The number of aromatic nitrogens is 1. The fourth-order valence-electron chi connectivity index (χ4n) is 2.03. The number of hydrogen-bond acceptors (Lipinski definition) is 4. The maximum Gasteiger partial charge on any atom is 0.339 e. The highest BCUT2D eigenvalue weighted by Crippen LogP contribution is 2.24. The van der Waals surface area contributed by atoms with Crippen molar-refractivity contribution in [3.05, 3.63) is 23.5 Å². The highest BCUT2D eigenvalue weighted by molar-refractivity contribution is 5.94. The summed E-state index contributed by atoms with van der Waals surface area (Å²) in [6, 6.07) is 2.01. The largest absolute Gasteiger partial charge is 0.478 e. The lowest BCUT2D eigenvalue weighted by Gasteiger charge is -2.36. The number of aromatic carboxylic acids is 1. The van der Waals surface area contributed by atoms with Crippen LogP contribution in [0.15, 0.2) is 12.3 Å². The van der Waals surface area contributed by atoms with Crippen LogP contribution in [-0.2, 0) is 4.74 Å². The molecular formula is C12H16N2O3. The molecule has 0 aliphatic carbocycles. The molecule has 1 aliphatic rings. The van der Waals surface area contributed by atoms with Crippen molar-refractivity contribution in [1.29, 1.82) is 0 Å². The molecule has 1 atom stereocenters. The first-order valence-corrected chi connectivity index (χ1v) is 5.64. The first-order chi connectivity index (χ1) is 8.09. The van der Waals surface area contributed by atoms with Crippen molar-refractivity contribution in [3.63, 3.8) is 0 Å². The zero-order valence-electron chi connectivity index (χ0n) is 10.0. The van der Waals surface area contributed by atoms with Gasteiger partial charge in [0.1, 0.15) is 5.56 Å². The Balaban J connectivity index is 2.41. The standard InChI is InChI=1S/C12H16N2O3/c1-8-5-11(10(6-13-8)12(15)16)14-3-4-17-7-9(14)2/h5-6,9H,3-4,7H2,1-2H3,(H,15,16). The Morgan fingerprint density at radius 2 is 2.41 bits per heavy atom. The van der Waals surface area contributed by atoms with Crippen LogP contribution in [0.2, 0.25) is 0 Å². The van der Waals surface area contributed by atoms with Crippen LogP contribution in [0.4, 0.5) is 5.69 Å². The molecule has 17 heavy (non-hydrogen) atoms. The molecule has 5 heteroatoms. The summed E-state index contributed by atoms with van der Waals surface area (Å²) in [4.78, 5) is 17.3. The van der Waals surface area contributed by atoms with Crippen molar-refractivity contribution in [1.82, 2.24) is 4.98 Å². The number of aryl methyl sites for hydroxylation is 1. The average molecular weight is 236 g/mol. The highest BCUT2D eigenvalue weighted by atomic mass is 16.5. The Morgan fingerprint density at radius 3 is 3.06 bits per heavy atom. The number of hydrogen-bond donors (Lipinski definition) is 1. The topological polar surface area (TPSA) is 62.7 Å². The molecule has 5 nitrogen and oxygen atoms in total. The first-order valence-electron chi connectivity index (χ1n) is 5.64. The van der Waals surface area contributed by atoms with Crippen molar-refractivity contribution in [2.45, 2.75) is 19.9 Å². The van der Waals surface area contributed by atoms with Crippen molar-refractivity contribution < 1.29 is 14.6 Å². The van der Waals surface area contributed by atoms with Gasteiger partial charge in [-0.1, -0.05) is 0 Å². The molecule has 1 N–H and O–H groups in total. The minimum atomic E-state index is -0.939. The number of carboxylic acid groups (broad SMARTS) is 1. The minimum absolute atomic E-state index is 0.184. The van der Waals surface area contributed by atoms with Gasteiger partial charge in [-0.3, -0.25) is 4.98 Å². The molecule has 0 radical (unpaired) electrons. The van der Waals surface area contributed by atoms with Crippen LogP contribution < -0.4 is 4.90 Å². The summed E-state index contributed by atoms with van der Waals surface area (Å²) in [5.74, 6) is -0.939. The van der Waals surface area contributed by atoms with E-state index in [2.05, 4.69) is 9.88 Å². The quantitative estimate of drug-likeness (QED) is 0.839. The number of nitrogens with zero attached hydrogens (tertiary/aromatic N) is 2. The highest BCUT2D eigenvalue weighted by Gasteiger charge is 2.23. The predicted molar refractivity (Wildman–Crippen MR) is 63.6 cm³/mol. The van der Waals surface area contributed by atoms with Gasteiger partial charge in [-0.05, 0) is 19.9 Å². The van der Waals surface area contributed by atoms with Crippen LogP contribution >= 0.6 is 0 Å². The van der Waals surface area contributed by atoms with Crippen molar-refractivity contribution in [2.75, 3.05) is 24.7 Å². The molecule has 0 saturated carbocycles. The van der Waals surface area contributed by atoms with E-state index in [0.29, 0.717) is 19.8 Å². The molecule has 0 spiro atoms. The first kappa shape index (κ1) is 11.9. The molecular weight excluding hydrogens is 220 g/mol. The number of rotatable bonds is 2. The summed E-state index contributed by atoms with van der Waals surface area (Å²) in [5.41, 5.74) is 1.81. The van der Waals surface area contributed by atoms with Crippen LogP contribution in [0, 0.1) is 6.92 Å². The van der Waals surface area contributed by atoms with Gasteiger partial charge in [0.2, 0.25) is 0 Å². The van der Waals surface area contributed by atoms with Gasteiger partial charge >= 0.3 is 5.97 Å². The van der Waals surface area contributed by atoms with Gasteiger partial charge in [-0.2, -0.15) is 0 Å². The zero-order chi connectivity index (χ0) is 12.4. The van der Waals surface area contributed by atoms with E-state index in [1.807, 2.05) is 19.9 Å². The summed E-state index contributed by atoms with van der Waals surface area (Å²) in [6.07, 6.45) is 1.43. The summed E-state index contributed by atoms with van der Waals surface area (Å²) >= 11 is 0. The average Bonchev–Trinajstić information content (AvgIpc) is 2.29. The summed E-state index contributed by atoms with van der Waals surface area (Å²) in [5, 5.41) is 9.18. The maximum absolute atomic E-state index is 11.2. The SMILES string of the molecule is Cc1cc(N2CCOCC2C)c(C(=O)O)cn1. The molecule has 92 valence electrons. The van der Waals surface area contributed by atoms with Crippen LogP contribution in [0.25, 0.3) is 0 Å². The Bertz CT molecular complexity index is 434. The number of anilines is 1. The monoisotopic (exact) mass is 236 g/mol. The molecule has 2 heterocycles. The summed E-state index contributed by atoms with van der Waals surface area (Å²) < 4.78 is 5.36. The van der Waals surface area contributed by atoms with Gasteiger partial charge < -0.3 is 14.7 Å². The molecule has 0 bridgehead atoms. The smallest absolute Gasteiger partial charge is 0.339 e. The second-order valence-corrected chi connectivity index (χ2v) is 4.27. The van der Waals surface area contributed by atoms with E-state index < -0.39 is 5.97 Å². The number of carboxylic acids is 1. The van der Waals surface area contributed by atoms with E-state index in [1.165, 1.54) is 6.20 Å². The van der Waals surface area contributed by atoms with Crippen LogP contribution in [0.3, 0.4) is 0 Å². The Hall–Kier alpha value is -1.62. The van der Waals surface area contributed by atoms with Crippen LogP contribution in [0.5, 0.6) is 0 Å². The van der Waals surface area contributed by atoms with E-state index in [-0.39, 0.29) is 11.6 Å². The molecule has 1 aromatic rings. The maximum atomic E-state index is 11.2. The number of ether oxygens (including phenoxy) is 1. The normalized spacial score (nSPS) is 20.4. The van der Waals surface area contributed by atoms with Crippen LogP contribution in [0.1, 0.15) is 23.0 Å². The van der Waals surface area contributed by atoms with E-state index in [4.69, 9.17) is 4.74 Å². The van der Waals surface area contributed by atoms with Gasteiger partial charge in [0.25, 0.3) is 0 Å². The summed E-state index contributed by atoms with van der Waals surface area (Å²) in [7, 11) is 0. The van der Waals surface area contributed by atoms with E-state index >= 15 is 0 Å². The Kier molecular flexibility index (Phi) is 3.28. The number of morpholine rings is 1. The minimum Gasteiger partial charge on any atom is -0.478 e. The van der Waals surface area contributed by atoms with E-state index in [1.54, 1.807) is 0 Å². The molecule has 2 rings (SSSR count). The molecule has 0 amide bonds. The lowest BCUT2D eigenvalue weighted by atomic mass is 10.1. The molecule has 1 saturated heterocycles. The third-order valence-corrected chi connectivity index (χ3v) is 2.93. The zero-order valence-corrected chi connectivity index (χ0v) is 10.0. The molecule has 1 aliphatic heterocycles. The van der Waals surface area contributed by atoms with Gasteiger partial charge in [-0.25, -0.2) is 4.79 Å². The number of carbonyl (C=O) groups is 1. The third kappa shape index (κ3) is 2.39. The second kappa shape index (κ2) is 4.71. The van der Waals surface area contributed by atoms with Crippen LogP contribution in [-0.4, -0.2) is 41.9 Å². The van der Waals surface area contributed by atoms with E-state index in [0.717, 1.165) is 11.4 Å². The second-order valence-electron chi connectivity index (χ2n) is 4.27. The van der Waals surface area contributed by atoms with Gasteiger partial charge in [-0.15, -0.1) is 0 Å². The Labute approximate surface area is 100 Å². The molecule has 1 aromatic heterocycles. The van der Waals surface area contributed by atoms with Crippen molar-refractivity contribution in [2.24, 2.45) is 0 Å². The van der Waals surface area contributed by atoms with E-state index in [9.17, 15) is 9.90 Å². The van der Waals surface area contributed by atoms with Gasteiger partial charge in [0.15, 0.2) is 0 Å². The molecule has 0 aromatic carbocycles. The predicted octanol–water partition coefficient (Wildman–Crippen LogP) is 1.31. The van der Waals surface area contributed by atoms with Gasteiger partial charge in [0.05, 0.1) is 18.9 Å². The molecule has 1 unspecified atom stereocenters. The molecule has 1 fully saturated rings. The third-order valence-electron chi connectivity index (χ3n) is 2.93. The fraction of sp³-hybridized carbons (Fsp3) is 0.500. The van der Waals surface area contributed by atoms with Crippen molar-refractivity contribution >= 4 is 11.7 Å². The van der Waals surface area contributed by atoms with Crippen molar-refractivity contribution in [3.8, 4) is 0 Å². The summed E-state index contributed by atoms with van der Waals surface area (Å²) in [6.45, 7) is 5.86. The number of pyridine rings is 1. The Morgan fingerprint density at radius 1 is 1.65 bits per heavy atom. The van der Waals surface area contributed by atoms with Gasteiger partial charge in [0, 0.05) is 24.5 Å². The lowest BCUT2D eigenvalue weighted by molar-refractivity contribution is 0.0694.